The molecular formula is C17H26N2O3S. The predicted octanol–water partition coefficient (Wildman–Crippen LogP) is 2.89. The summed E-state index contributed by atoms with van der Waals surface area (Å²) >= 11 is 0. The third-order valence-electron chi connectivity index (χ3n) is 7.25. The van der Waals surface area contributed by atoms with Gasteiger partial charge in [0.1, 0.15) is 5.76 Å². The van der Waals surface area contributed by atoms with Gasteiger partial charge < -0.3 is 4.52 Å². The first-order valence-electron chi connectivity index (χ1n) is 8.66. The van der Waals surface area contributed by atoms with Crippen molar-refractivity contribution in [3.63, 3.8) is 0 Å². The quantitative estimate of drug-likeness (QED) is 0.850. The lowest BCUT2D eigenvalue weighted by Gasteiger charge is -2.37. The first-order valence-corrected chi connectivity index (χ1v) is 10.3. The van der Waals surface area contributed by atoms with Crippen molar-refractivity contribution in [1.29, 1.82) is 0 Å². The van der Waals surface area contributed by atoms with Crippen LogP contribution in [0.25, 0.3) is 0 Å². The first kappa shape index (κ1) is 15.6. The zero-order valence-corrected chi connectivity index (χ0v) is 15.2. The fourth-order valence-electron chi connectivity index (χ4n) is 5.66. The van der Waals surface area contributed by atoms with Crippen molar-refractivity contribution in [2.45, 2.75) is 66.0 Å². The molecule has 3 aliphatic rings. The number of hydrogen-bond donors (Lipinski definition) is 0. The molecule has 1 spiro atoms. The molecule has 0 amide bonds. The standard InChI is InChI=1S/C17H26N2O3S/c1-5-14-13(11(2)22-18-14)9-19-15-8-12-6-7-17(15,16(12,3)4)10-23(19,20)21/h12,15H,5-10H2,1-4H3/t12-,15-,17-/m1/s1. The average Bonchev–Trinajstić information content (AvgIpc) is 3.08. The number of fused-ring (bicyclic) bond motifs is 1. The van der Waals surface area contributed by atoms with E-state index < -0.39 is 10.0 Å². The summed E-state index contributed by atoms with van der Waals surface area (Å²) in [6, 6.07) is 0.153. The van der Waals surface area contributed by atoms with E-state index in [1.165, 1.54) is 6.42 Å². The maximum Gasteiger partial charge on any atom is 0.215 e. The molecule has 2 saturated carbocycles. The molecule has 0 radical (unpaired) electrons. The molecular weight excluding hydrogens is 312 g/mol. The molecule has 6 heteroatoms. The molecule has 5 nitrogen and oxygen atoms in total. The van der Waals surface area contributed by atoms with Gasteiger partial charge in [0.05, 0.1) is 11.4 Å². The monoisotopic (exact) mass is 338 g/mol. The zero-order valence-electron chi connectivity index (χ0n) is 14.4. The smallest absolute Gasteiger partial charge is 0.215 e. The van der Waals surface area contributed by atoms with Gasteiger partial charge in [0.15, 0.2) is 0 Å². The third-order valence-corrected chi connectivity index (χ3v) is 9.23. The van der Waals surface area contributed by atoms with Crippen molar-refractivity contribution in [2.75, 3.05) is 5.75 Å². The molecule has 2 aliphatic carbocycles. The molecule has 0 N–H and O–H groups in total. The van der Waals surface area contributed by atoms with E-state index in [1.54, 1.807) is 4.31 Å². The lowest BCUT2D eigenvalue weighted by molar-refractivity contribution is 0.112. The second kappa shape index (κ2) is 4.60. The van der Waals surface area contributed by atoms with Gasteiger partial charge >= 0.3 is 0 Å². The van der Waals surface area contributed by atoms with E-state index in [0.717, 1.165) is 36.3 Å². The molecule has 2 heterocycles. The van der Waals surface area contributed by atoms with Gasteiger partial charge in [0.25, 0.3) is 0 Å². The highest BCUT2D eigenvalue weighted by atomic mass is 32.2. The van der Waals surface area contributed by atoms with Crippen LogP contribution in [0.5, 0.6) is 0 Å². The summed E-state index contributed by atoms with van der Waals surface area (Å²) in [5.41, 5.74) is 1.92. The number of sulfonamides is 1. The fraction of sp³-hybridized carbons (Fsp3) is 0.824. The summed E-state index contributed by atoms with van der Waals surface area (Å²) in [5.74, 6) is 1.72. The summed E-state index contributed by atoms with van der Waals surface area (Å²) in [4.78, 5) is 0. The summed E-state index contributed by atoms with van der Waals surface area (Å²) in [6.07, 6.45) is 4.01. The predicted molar refractivity (Wildman–Crippen MR) is 87.3 cm³/mol. The zero-order chi connectivity index (χ0) is 16.6. The van der Waals surface area contributed by atoms with Crippen LogP contribution in [0.1, 0.15) is 57.1 Å². The van der Waals surface area contributed by atoms with E-state index in [4.69, 9.17) is 4.52 Å². The van der Waals surface area contributed by atoms with Crippen LogP contribution in [0.15, 0.2) is 4.52 Å². The normalized spacial score (nSPS) is 37.4. The maximum atomic E-state index is 13.0. The minimum atomic E-state index is -3.22. The van der Waals surface area contributed by atoms with Crippen LogP contribution in [-0.4, -0.2) is 29.7 Å². The number of rotatable bonds is 3. The molecule has 1 aromatic heterocycles. The van der Waals surface area contributed by atoms with Crippen molar-refractivity contribution < 1.29 is 12.9 Å². The molecule has 3 atom stereocenters. The van der Waals surface area contributed by atoms with Gasteiger partial charge in [-0.1, -0.05) is 25.9 Å². The maximum absolute atomic E-state index is 13.0. The highest BCUT2D eigenvalue weighted by Gasteiger charge is 2.71. The summed E-state index contributed by atoms with van der Waals surface area (Å²) in [7, 11) is -3.22. The van der Waals surface area contributed by atoms with Crippen molar-refractivity contribution in [1.82, 2.24) is 9.46 Å². The Hall–Kier alpha value is -0.880. The van der Waals surface area contributed by atoms with Crippen molar-refractivity contribution >= 4 is 10.0 Å². The van der Waals surface area contributed by atoms with Crippen LogP contribution in [0.4, 0.5) is 0 Å². The largest absolute Gasteiger partial charge is 0.361 e. The van der Waals surface area contributed by atoms with Gasteiger partial charge in [-0.05, 0) is 43.9 Å². The van der Waals surface area contributed by atoms with Gasteiger partial charge in [-0.15, -0.1) is 0 Å². The Labute approximate surface area is 138 Å². The summed E-state index contributed by atoms with van der Waals surface area (Å²) in [5, 5.41) is 4.09. The van der Waals surface area contributed by atoms with Crippen LogP contribution in [0.3, 0.4) is 0 Å². The van der Waals surface area contributed by atoms with E-state index in [1.807, 2.05) is 13.8 Å². The first-order chi connectivity index (χ1) is 10.7. The molecule has 1 aliphatic heterocycles. The molecule has 1 aromatic rings. The van der Waals surface area contributed by atoms with Crippen LogP contribution in [0.2, 0.25) is 0 Å². The van der Waals surface area contributed by atoms with Crippen LogP contribution in [0, 0.1) is 23.7 Å². The minimum Gasteiger partial charge on any atom is -0.361 e. The molecule has 128 valence electrons. The topological polar surface area (TPSA) is 63.4 Å². The number of nitrogens with zero attached hydrogens (tertiary/aromatic N) is 2. The van der Waals surface area contributed by atoms with Gasteiger partial charge in [-0.3, -0.25) is 0 Å². The Kier molecular flexibility index (Phi) is 3.13. The SMILES string of the molecule is CCc1noc(C)c1CN1[C@@H]2C[C@H]3CC[C@]2(CS1(=O)=O)C3(C)C. The highest BCUT2D eigenvalue weighted by molar-refractivity contribution is 7.89. The van der Waals surface area contributed by atoms with E-state index in [0.29, 0.717) is 18.2 Å². The lowest BCUT2D eigenvalue weighted by Crippen LogP contribution is -2.41. The lowest BCUT2D eigenvalue weighted by atomic mass is 9.69. The Bertz CT molecular complexity index is 752. The minimum absolute atomic E-state index is 0.0616. The van der Waals surface area contributed by atoms with Crippen molar-refractivity contribution in [3.05, 3.63) is 17.0 Å². The van der Waals surface area contributed by atoms with E-state index >= 15 is 0 Å². The van der Waals surface area contributed by atoms with E-state index in [-0.39, 0.29) is 16.9 Å². The summed E-state index contributed by atoms with van der Waals surface area (Å²) in [6.45, 7) is 8.90. The molecule has 1 saturated heterocycles. The number of hydrogen-bond acceptors (Lipinski definition) is 4. The average molecular weight is 338 g/mol. The second-order valence-corrected chi connectivity index (χ2v) is 10.1. The van der Waals surface area contributed by atoms with E-state index in [9.17, 15) is 8.42 Å². The summed E-state index contributed by atoms with van der Waals surface area (Å²) < 4.78 is 33.0. The van der Waals surface area contributed by atoms with Gasteiger partial charge in [-0.2, -0.15) is 4.31 Å². The van der Waals surface area contributed by atoms with E-state index in [2.05, 4.69) is 19.0 Å². The molecule has 0 aromatic carbocycles. The van der Waals surface area contributed by atoms with Gasteiger partial charge in [0, 0.05) is 23.6 Å². The second-order valence-electron chi connectivity index (χ2n) is 8.18. The van der Waals surface area contributed by atoms with Crippen LogP contribution in [-0.2, 0) is 23.0 Å². The number of aryl methyl sites for hydroxylation is 2. The molecule has 2 bridgehead atoms. The van der Waals surface area contributed by atoms with Gasteiger partial charge in [0.2, 0.25) is 10.0 Å². The highest BCUT2D eigenvalue weighted by Crippen LogP contribution is 2.70. The Morgan fingerprint density at radius 2 is 2.13 bits per heavy atom. The van der Waals surface area contributed by atoms with Gasteiger partial charge in [-0.25, -0.2) is 8.42 Å². The van der Waals surface area contributed by atoms with Crippen LogP contribution < -0.4 is 0 Å². The number of aromatic nitrogens is 1. The molecule has 3 fully saturated rings. The molecule has 4 rings (SSSR count). The Morgan fingerprint density at radius 3 is 2.78 bits per heavy atom. The van der Waals surface area contributed by atoms with Crippen molar-refractivity contribution in [2.24, 2.45) is 16.7 Å². The fourth-order valence-corrected chi connectivity index (χ4v) is 8.18. The van der Waals surface area contributed by atoms with Crippen molar-refractivity contribution in [3.8, 4) is 0 Å². The Balaban J connectivity index is 1.74. The van der Waals surface area contributed by atoms with Crippen LogP contribution >= 0.6 is 0 Å². The molecule has 23 heavy (non-hydrogen) atoms. The Morgan fingerprint density at radius 1 is 1.39 bits per heavy atom. The third kappa shape index (κ3) is 1.82. The molecule has 0 unspecified atom stereocenters.